The van der Waals surface area contributed by atoms with Crippen LogP contribution in [0.3, 0.4) is 0 Å². The molecule has 1 amide bonds. The normalized spacial score (nSPS) is 13.4. The van der Waals surface area contributed by atoms with Gasteiger partial charge in [-0.1, -0.05) is 20.3 Å². The van der Waals surface area contributed by atoms with Gasteiger partial charge in [-0.25, -0.2) is 9.78 Å². The van der Waals surface area contributed by atoms with E-state index in [2.05, 4.69) is 15.3 Å². The van der Waals surface area contributed by atoms with Gasteiger partial charge < -0.3 is 15.0 Å². The van der Waals surface area contributed by atoms with E-state index in [9.17, 15) is 14.4 Å². The summed E-state index contributed by atoms with van der Waals surface area (Å²) in [5.41, 5.74) is 0.811. The molecule has 27 heavy (non-hydrogen) atoms. The van der Waals surface area contributed by atoms with Crippen LogP contribution in [0.4, 0.5) is 0 Å². The molecule has 0 unspecified atom stereocenters. The van der Waals surface area contributed by atoms with E-state index in [-0.39, 0.29) is 23.1 Å². The number of amides is 1. The van der Waals surface area contributed by atoms with Crippen molar-refractivity contribution in [3.63, 3.8) is 0 Å². The first-order chi connectivity index (χ1) is 12.8. The molecule has 0 aliphatic heterocycles. The number of rotatable bonds is 8. The molecule has 7 nitrogen and oxygen atoms in total. The maximum absolute atomic E-state index is 12.3. The van der Waals surface area contributed by atoms with E-state index in [1.54, 1.807) is 0 Å². The summed E-state index contributed by atoms with van der Waals surface area (Å²) in [6.07, 6.45) is 0.748. The fourth-order valence-electron chi connectivity index (χ4n) is 2.62. The standard InChI is InChI=1S/C18H25N3O4S2/c1-6-9(2)15(18(24)25-5)21-13(22)8-26-7-12-19-16(23)14-10(3)11(4)27-17(14)20-12/h9,15H,6-8H2,1-5H3,(H,21,22)(H,19,20,23)/t9-,15-/m1/s1. The number of hydrogen-bond acceptors (Lipinski definition) is 7. The highest BCUT2D eigenvalue weighted by molar-refractivity contribution is 7.99. The predicted molar refractivity (Wildman–Crippen MR) is 109 cm³/mol. The van der Waals surface area contributed by atoms with Crippen LogP contribution in [0.2, 0.25) is 0 Å². The molecule has 9 heteroatoms. The minimum Gasteiger partial charge on any atom is -0.467 e. The van der Waals surface area contributed by atoms with Crippen LogP contribution in [-0.2, 0) is 20.1 Å². The fraction of sp³-hybridized carbons (Fsp3) is 0.556. The number of carbonyl (C=O) groups excluding carboxylic acids is 2. The number of hydrogen-bond donors (Lipinski definition) is 2. The highest BCUT2D eigenvalue weighted by Crippen LogP contribution is 2.26. The first-order valence-electron chi connectivity index (χ1n) is 8.72. The molecule has 0 radical (unpaired) electrons. The van der Waals surface area contributed by atoms with Gasteiger partial charge in [0.15, 0.2) is 0 Å². The molecule has 0 fully saturated rings. The Morgan fingerprint density at radius 1 is 1.37 bits per heavy atom. The van der Waals surface area contributed by atoms with Gasteiger partial charge in [0, 0.05) is 4.88 Å². The fourth-order valence-corrected chi connectivity index (χ4v) is 4.37. The van der Waals surface area contributed by atoms with Gasteiger partial charge in [0.05, 0.1) is 24.0 Å². The Balaban J connectivity index is 1.97. The van der Waals surface area contributed by atoms with Crippen molar-refractivity contribution in [1.29, 1.82) is 0 Å². The molecule has 0 aliphatic carbocycles. The first kappa shape index (κ1) is 21.4. The Hall–Kier alpha value is -1.87. The minimum absolute atomic E-state index is 0.0165. The number of aromatic amines is 1. The van der Waals surface area contributed by atoms with Crippen molar-refractivity contribution >= 4 is 45.2 Å². The number of nitrogens with one attached hydrogen (secondary N) is 2. The first-order valence-corrected chi connectivity index (χ1v) is 10.7. The molecule has 2 N–H and O–H groups in total. The predicted octanol–water partition coefficient (Wildman–Crippen LogP) is 2.54. The average molecular weight is 412 g/mol. The lowest BCUT2D eigenvalue weighted by Gasteiger charge is -2.21. The summed E-state index contributed by atoms with van der Waals surface area (Å²) in [7, 11) is 1.31. The summed E-state index contributed by atoms with van der Waals surface area (Å²) in [6, 6.07) is -0.653. The summed E-state index contributed by atoms with van der Waals surface area (Å²) in [6.45, 7) is 7.73. The third-order valence-corrected chi connectivity index (χ3v) is 6.59. The van der Waals surface area contributed by atoms with Crippen molar-refractivity contribution in [2.75, 3.05) is 12.9 Å². The Morgan fingerprint density at radius 3 is 2.70 bits per heavy atom. The number of H-pyrrole nitrogens is 1. The van der Waals surface area contributed by atoms with Crippen LogP contribution in [0.5, 0.6) is 0 Å². The lowest BCUT2D eigenvalue weighted by atomic mass is 9.99. The van der Waals surface area contributed by atoms with E-state index < -0.39 is 12.0 Å². The van der Waals surface area contributed by atoms with Gasteiger partial charge in [-0.05, 0) is 25.3 Å². The van der Waals surface area contributed by atoms with Crippen molar-refractivity contribution in [3.8, 4) is 0 Å². The van der Waals surface area contributed by atoms with Crippen LogP contribution in [0.1, 0.15) is 36.5 Å². The van der Waals surface area contributed by atoms with Crippen molar-refractivity contribution in [2.24, 2.45) is 5.92 Å². The molecular formula is C18H25N3O4S2. The number of ether oxygens (including phenoxy) is 1. The van der Waals surface area contributed by atoms with Gasteiger partial charge in [0.1, 0.15) is 16.7 Å². The second-order valence-electron chi connectivity index (χ2n) is 6.42. The topological polar surface area (TPSA) is 101 Å². The zero-order valence-electron chi connectivity index (χ0n) is 16.2. The van der Waals surface area contributed by atoms with E-state index in [1.807, 2.05) is 27.7 Å². The quantitative estimate of drug-likeness (QED) is 0.648. The number of methoxy groups -OCH3 is 1. The molecule has 0 saturated heterocycles. The molecule has 2 aromatic rings. The van der Waals surface area contributed by atoms with Crippen molar-refractivity contribution in [3.05, 3.63) is 26.6 Å². The smallest absolute Gasteiger partial charge is 0.328 e. The molecule has 0 spiro atoms. The number of thiophene rings is 1. The molecule has 0 aliphatic rings. The van der Waals surface area contributed by atoms with Gasteiger partial charge in [-0.3, -0.25) is 9.59 Å². The molecule has 0 aromatic carbocycles. The lowest BCUT2D eigenvalue weighted by molar-refractivity contribution is -0.146. The molecule has 148 valence electrons. The highest BCUT2D eigenvalue weighted by Gasteiger charge is 2.26. The van der Waals surface area contributed by atoms with Crippen molar-refractivity contribution in [1.82, 2.24) is 15.3 Å². The second kappa shape index (κ2) is 9.36. The van der Waals surface area contributed by atoms with Crippen molar-refractivity contribution < 1.29 is 14.3 Å². The van der Waals surface area contributed by atoms with E-state index in [4.69, 9.17) is 4.74 Å². The third-order valence-electron chi connectivity index (χ3n) is 4.54. The SMILES string of the molecule is CC[C@@H](C)[C@@H](NC(=O)CSCc1nc2sc(C)c(C)c2c(=O)[nH]1)C(=O)OC. The molecular weight excluding hydrogens is 386 g/mol. The van der Waals surface area contributed by atoms with E-state index >= 15 is 0 Å². The summed E-state index contributed by atoms with van der Waals surface area (Å²) >= 11 is 2.83. The molecule has 2 aromatic heterocycles. The van der Waals surface area contributed by atoms with Gasteiger partial charge in [-0.15, -0.1) is 23.1 Å². The average Bonchev–Trinajstić information content (AvgIpc) is 2.92. The Morgan fingerprint density at radius 2 is 2.07 bits per heavy atom. The lowest BCUT2D eigenvalue weighted by Crippen LogP contribution is -2.46. The van der Waals surface area contributed by atoms with Crippen LogP contribution in [0.25, 0.3) is 10.2 Å². The van der Waals surface area contributed by atoms with Gasteiger partial charge in [0.2, 0.25) is 5.91 Å². The molecule has 0 bridgehead atoms. The maximum atomic E-state index is 12.3. The van der Waals surface area contributed by atoms with Crippen LogP contribution in [0.15, 0.2) is 4.79 Å². The third kappa shape index (κ3) is 5.10. The van der Waals surface area contributed by atoms with Gasteiger partial charge in [0.25, 0.3) is 5.56 Å². The summed E-state index contributed by atoms with van der Waals surface area (Å²) < 4.78 is 4.77. The summed E-state index contributed by atoms with van der Waals surface area (Å²) in [4.78, 5) is 45.4. The number of nitrogens with zero attached hydrogens (tertiary/aromatic N) is 1. The van der Waals surface area contributed by atoms with E-state index in [1.165, 1.54) is 30.2 Å². The molecule has 0 saturated carbocycles. The van der Waals surface area contributed by atoms with Gasteiger partial charge in [-0.2, -0.15) is 0 Å². The van der Waals surface area contributed by atoms with Crippen LogP contribution in [0, 0.1) is 19.8 Å². The summed E-state index contributed by atoms with van der Waals surface area (Å²) in [5, 5.41) is 3.37. The number of thioether (sulfide) groups is 1. The minimum atomic E-state index is -0.653. The molecule has 2 heterocycles. The number of aromatic nitrogens is 2. The van der Waals surface area contributed by atoms with Crippen LogP contribution >= 0.6 is 23.1 Å². The van der Waals surface area contributed by atoms with Crippen LogP contribution in [-0.4, -0.2) is 40.7 Å². The Bertz CT molecular complexity index is 891. The largest absolute Gasteiger partial charge is 0.467 e. The zero-order chi connectivity index (χ0) is 20.1. The zero-order valence-corrected chi connectivity index (χ0v) is 17.8. The Labute approximate surface area is 166 Å². The van der Waals surface area contributed by atoms with Gasteiger partial charge >= 0.3 is 5.97 Å². The summed E-state index contributed by atoms with van der Waals surface area (Å²) in [5.74, 6) is 0.397. The number of fused-ring (bicyclic) bond motifs is 1. The maximum Gasteiger partial charge on any atom is 0.328 e. The van der Waals surface area contributed by atoms with Crippen LogP contribution < -0.4 is 10.9 Å². The molecule has 2 atom stereocenters. The number of carbonyl (C=O) groups is 2. The molecule has 2 rings (SSSR count). The number of aryl methyl sites for hydroxylation is 2. The van der Waals surface area contributed by atoms with Crippen molar-refractivity contribution in [2.45, 2.75) is 45.9 Å². The Kier molecular flexibility index (Phi) is 7.43. The second-order valence-corrected chi connectivity index (χ2v) is 8.61. The van der Waals surface area contributed by atoms with E-state index in [0.29, 0.717) is 17.0 Å². The highest BCUT2D eigenvalue weighted by atomic mass is 32.2. The van der Waals surface area contributed by atoms with E-state index in [0.717, 1.165) is 21.7 Å². The monoisotopic (exact) mass is 411 g/mol. The number of esters is 1.